The van der Waals surface area contributed by atoms with Gasteiger partial charge in [0.15, 0.2) is 5.82 Å². The number of hydrogen-bond acceptors (Lipinski definition) is 4. The van der Waals surface area contributed by atoms with E-state index in [1.807, 2.05) is 45.0 Å². The molecule has 1 atom stereocenters. The van der Waals surface area contributed by atoms with Crippen LogP contribution >= 0.6 is 0 Å². The Labute approximate surface area is 164 Å². The third-order valence-electron chi connectivity index (χ3n) is 5.60. The number of nitrogens with zero attached hydrogens (tertiary/aromatic N) is 4. The Morgan fingerprint density at radius 1 is 1.29 bits per heavy atom. The van der Waals surface area contributed by atoms with Crippen LogP contribution in [0.3, 0.4) is 0 Å². The summed E-state index contributed by atoms with van der Waals surface area (Å²) in [7, 11) is 0. The molecule has 1 aliphatic carbocycles. The zero-order valence-corrected chi connectivity index (χ0v) is 16.6. The minimum absolute atomic E-state index is 0.117. The molecule has 1 amide bonds. The van der Waals surface area contributed by atoms with Gasteiger partial charge < -0.3 is 9.88 Å². The fraction of sp³-hybridized carbons (Fsp3) is 0.429. The smallest absolute Gasteiger partial charge is 0.251 e. The molecule has 7 heteroatoms. The van der Waals surface area contributed by atoms with Crippen molar-refractivity contribution in [3.05, 3.63) is 53.4 Å². The monoisotopic (exact) mass is 378 g/mol. The lowest BCUT2D eigenvalue weighted by molar-refractivity contribution is 0.0937. The van der Waals surface area contributed by atoms with Gasteiger partial charge >= 0.3 is 0 Å². The first kappa shape index (κ1) is 18.4. The first-order valence-electron chi connectivity index (χ1n) is 9.87. The van der Waals surface area contributed by atoms with Crippen LogP contribution in [0, 0.1) is 13.8 Å². The maximum Gasteiger partial charge on any atom is 0.251 e. The number of aryl methyl sites for hydroxylation is 2. The quantitative estimate of drug-likeness (QED) is 0.705. The molecular formula is C21H26N6O. The Hall–Kier alpha value is -2.96. The molecule has 0 aliphatic heterocycles. The largest absolute Gasteiger partial charge is 0.342 e. The van der Waals surface area contributed by atoms with Gasteiger partial charge in [0.25, 0.3) is 5.91 Å². The highest BCUT2D eigenvalue weighted by Crippen LogP contribution is 2.31. The second-order valence-corrected chi connectivity index (χ2v) is 7.62. The molecule has 0 unspecified atom stereocenters. The van der Waals surface area contributed by atoms with Crippen LogP contribution in [0.25, 0.3) is 11.1 Å². The van der Waals surface area contributed by atoms with E-state index < -0.39 is 0 Å². The molecule has 3 aromatic rings. The van der Waals surface area contributed by atoms with Crippen molar-refractivity contribution in [3.63, 3.8) is 0 Å². The number of hydrogen-bond donors (Lipinski definition) is 2. The zero-order valence-electron chi connectivity index (χ0n) is 16.6. The minimum atomic E-state index is -0.211. The number of carbonyl (C=O) groups is 1. The molecule has 146 valence electrons. The predicted octanol–water partition coefficient (Wildman–Crippen LogP) is 3.89. The molecule has 2 aromatic heterocycles. The van der Waals surface area contributed by atoms with Gasteiger partial charge in [0.2, 0.25) is 0 Å². The highest BCUT2D eigenvalue weighted by molar-refractivity contribution is 5.95. The van der Waals surface area contributed by atoms with Crippen LogP contribution in [0.1, 0.15) is 72.3 Å². The van der Waals surface area contributed by atoms with Crippen LogP contribution in [-0.2, 0) is 0 Å². The van der Waals surface area contributed by atoms with E-state index in [2.05, 4.69) is 30.3 Å². The van der Waals surface area contributed by atoms with E-state index in [0.29, 0.717) is 11.6 Å². The Bertz CT molecular complexity index is 963. The number of H-pyrrole nitrogens is 1. The lowest BCUT2D eigenvalue weighted by Gasteiger charge is -2.19. The van der Waals surface area contributed by atoms with Gasteiger partial charge in [-0.05, 0) is 51.3 Å². The number of carbonyl (C=O) groups excluding carboxylic acids is 1. The second-order valence-electron chi connectivity index (χ2n) is 7.62. The summed E-state index contributed by atoms with van der Waals surface area (Å²) in [6, 6.07) is 7.88. The molecule has 7 nitrogen and oxygen atoms in total. The molecule has 1 saturated carbocycles. The summed E-state index contributed by atoms with van der Waals surface area (Å²) >= 11 is 0. The van der Waals surface area contributed by atoms with Gasteiger partial charge in [-0.15, -0.1) is 10.2 Å². The summed E-state index contributed by atoms with van der Waals surface area (Å²) in [6.45, 7) is 5.91. The van der Waals surface area contributed by atoms with Crippen molar-refractivity contribution in [3.8, 4) is 11.1 Å². The van der Waals surface area contributed by atoms with Crippen molar-refractivity contribution < 1.29 is 4.79 Å². The Balaban J connectivity index is 1.53. The highest BCUT2D eigenvalue weighted by atomic mass is 16.1. The molecule has 0 radical (unpaired) electrons. The molecule has 0 spiro atoms. The van der Waals surface area contributed by atoms with Gasteiger partial charge in [0.05, 0.1) is 11.7 Å². The lowest BCUT2D eigenvalue weighted by Crippen LogP contribution is -2.29. The average Bonchev–Trinajstić information content (AvgIpc) is 3.42. The zero-order chi connectivity index (χ0) is 19.7. The molecule has 1 aliphatic rings. The van der Waals surface area contributed by atoms with Crippen LogP contribution < -0.4 is 5.32 Å². The van der Waals surface area contributed by atoms with Gasteiger partial charge in [-0.3, -0.25) is 9.89 Å². The standard InChI is InChI=1S/C21H26N6O/c1-13-19(14(2)25-24-13)16-7-6-8-17(11-16)21(28)23-15(3)20-26-22-12-27(20)18-9-4-5-10-18/h6-8,11-12,15,18H,4-5,9-10H2,1-3H3,(H,23,28)(H,24,25)/t15-/m1/s1. The second kappa shape index (κ2) is 7.58. The van der Waals surface area contributed by atoms with Crippen molar-refractivity contribution in [2.75, 3.05) is 0 Å². The van der Waals surface area contributed by atoms with Crippen LogP contribution in [0.4, 0.5) is 0 Å². The molecule has 1 aromatic carbocycles. The molecule has 2 N–H and O–H groups in total. The third kappa shape index (κ3) is 3.44. The molecular weight excluding hydrogens is 352 g/mol. The number of rotatable bonds is 5. The van der Waals surface area contributed by atoms with Gasteiger partial charge in [-0.1, -0.05) is 25.0 Å². The normalized spacial score (nSPS) is 15.7. The number of benzene rings is 1. The molecule has 28 heavy (non-hydrogen) atoms. The number of aromatic nitrogens is 5. The van der Waals surface area contributed by atoms with E-state index >= 15 is 0 Å². The third-order valence-corrected chi connectivity index (χ3v) is 5.60. The number of aromatic amines is 1. The van der Waals surface area contributed by atoms with Crippen molar-refractivity contribution in [2.45, 2.75) is 58.5 Å². The molecule has 0 saturated heterocycles. The Kier molecular flexibility index (Phi) is 4.98. The maximum absolute atomic E-state index is 12.9. The first-order valence-corrected chi connectivity index (χ1v) is 9.87. The SMILES string of the molecule is Cc1n[nH]c(C)c1-c1cccc(C(=O)N[C@H](C)c2nncn2C2CCCC2)c1. The summed E-state index contributed by atoms with van der Waals surface area (Å²) in [4.78, 5) is 12.9. The van der Waals surface area contributed by atoms with Crippen LogP contribution in [0.5, 0.6) is 0 Å². The van der Waals surface area contributed by atoms with Crippen molar-refractivity contribution in [1.29, 1.82) is 0 Å². The Morgan fingerprint density at radius 2 is 2.07 bits per heavy atom. The minimum Gasteiger partial charge on any atom is -0.342 e. The van der Waals surface area contributed by atoms with Crippen molar-refractivity contribution >= 4 is 5.91 Å². The van der Waals surface area contributed by atoms with E-state index in [4.69, 9.17) is 0 Å². The molecule has 1 fully saturated rings. The van der Waals surface area contributed by atoms with E-state index in [1.165, 1.54) is 12.8 Å². The molecule has 4 rings (SSSR count). The van der Waals surface area contributed by atoms with Crippen LogP contribution in [0.15, 0.2) is 30.6 Å². The molecule has 2 heterocycles. The van der Waals surface area contributed by atoms with Crippen molar-refractivity contribution in [1.82, 2.24) is 30.3 Å². The first-order chi connectivity index (χ1) is 13.5. The fourth-order valence-electron chi connectivity index (χ4n) is 4.16. The van der Waals surface area contributed by atoms with E-state index in [-0.39, 0.29) is 11.9 Å². The van der Waals surface area contributed by atoms with E-state index in [1.54, 1.807) is 6.33 Å². The van der Waals surface area contributed by atoms with Gasteiger partial charge in [-0.2, -0.15) is 5.10 Å². The topological polar surface area (TPSA) is 88.5 Å². The van der Waals surface area contributed by atoms with Crippen LogP contribution in [0.2, 0.25) is 0 Å². The summed E-state index contributed by atoms with van der Waals surface area (Å²) in [5, 5.41) is 18.7. The maximum atomic E-state index is 12.9. The average molecular weight is 378 g/mol. The van der Waals surface area contributed by atoms with Gasteiger partial charge in [0, 0.05) is 22.9 Å². The predicted molar refractivity (Wildman–Crippen MR) is 107 cm³/mol. The summed E-state index contributed by atoms with van der Waals surface area (Å²) in [5.41, 5.74) is 4.57. The van der Waals surface area contributed by atoms with Crippen molar-refractivity contribution in [2.24, 2.45) is 0 Å². The number of nitrogens with one attached hydrogen (secondary N) is 2. The highest BCUT2D eigenvalue weighted by Gasteiger charge is 2.24. The van der Waals surface area contributed by atoms with E-state index in [9.17, 15) is 4.79 Å². The summed E-state index contributed by atoms with van der Waals surface area (Å²) in [5.74, 6) is 0.701. The molecule has 0 bridgehead atoms. The fourth-order valence-corrected chi connectivity index (χ4v) is 4.16. The van der Waals surface area contributed by atoms with E-state index in [0.717, 1.165) is 41.2 Å². The summed E-state index contributed by atoms with van der Waals surface area (Å²) < 4.78 is 2.13. The van der Waals surface area contributed by atoms with Crippen LogP contribution in [-0.4, -0.2) is 30.9 Å². The summed E-state index contributed by atoms with van der Waals surface area (Å²) in [6.07, 6.45) is 6.57. The number of amides is 1. The van der Waals surface area contributed by atoms with Gasteiger partial charge in [-0.25, -0.2) is 0 Å². The lowest BCUT2D eigenvalue weighted by atomic mass is 10.0. The Morgan fingerprint density at radius 3 is 2.79 bits per heavy atom. The van der Waals surface area contributed by atoms with Gasteiger partial charge in [0.1, 0.15) is 6.33 Å².